The zero-order valence-electron chi connectivity index (χ0n) is 21.9. The maximum atomic E-state index is 13.3. The number of aromatic nitrogens is 1. The Morgan fingerprint density at radius 1 is 0.947 bits per heavy atom. The fraction of sp³-hybridized carbons (Fsp3) is 0.323. The Balaban J connectivity index is 1.75. The second-order valence-electron chi connectivity index (χ2n) is 9.16. The third kappa shape index (κ3) is 6.05. The van der Waals surface area contributed by atoms with Gasteiger partial charge in [0.2, 0.25) is 0 Å². The van der Waals surface area contributed by atoms with Crippen molar-refractivity contribution in [2.45, 2.75) is 45.6 Å². The molecule has 38 heavy (non-hydrogen) atoms. The number of rotatable bonds is 12. The summed E-state index contributed by atoms with van der Waals surface area (Å²) in [5, 5.41) is 11.2. The van der Waals surface area contributed by atoms with E-state index in [9.17, 15) is 14.7 Å². The van der Waals surface area contributed by atoms with Crippen LogP contribution in [0.25, 0.3) is 5.76 Å². The minimum atomic E-state index is -0.778. The molecule has 0 aliphatic carbocycles. The van der Waals surface area contributed by atoms with E-state index in [2.05, 4.69) is 11.9 Å². The van der Waals surface area contributed by atoms with E-state index >= 15 is 0 Å². The van der Waals surface area contributed by atoms with Gasteiger partial charge in [-0.25, -0.2) is 0 Å². The molecule has 0 radical (unpaired) electrons. The minimum absolute atomic E-state index is 0.0494. The van der Waals surface area contributed by atoms with Gasteiger partial charge in [0.1, 0.15) is 5.76 Å². The summed E-state index contributed by atoms with van der Waals surface area (Å²) in [5.74, 6) is -0.424. The van der Waals surface area contributed by atoms with Gasteiger partial charge in [0, 0.05) is 24.5 Å². The van der Waals surface area contributed by atoms with Crippen molar-refractivity contribution < 1.29 is 24.2 Å². The predicted octanol–water partition coefficient (Wildman–Crippen LogP) is 5.71. The molecule has 0 spiro atoms. The molecule has 7 nitrogen and oxygen atoms in total. The Morgan fingerprint density at radius 2 is 1.71 bits per heavy atom. The first-order valence-corrected chi connectivity index (χ1v) is 13.2. The van der Waals surface area contributed by atoms with Crippen LogP contribution in [0.5, 0.6) is 11.5 Å². The number of aliphatic hydroxyl groups is 1. The highest BCUT2D eigenvalue weighted by molar-refractivity contribution is 6.46. The molecule has 2 aromatic carbocycles. The fourth-order valence-electron chi connectivity index (χ4n) is 4.63. The number of ether oxygens (including phenoxy) is 2. The van der Waals surface area contributed by atoms with E-state index in [4.69, 9.17) is 9.47 Å². The highest BCUT2D eigenvalue weighted by atomic mass is 16.5. The number of benzene rings is 2. The van der Waals surface area contributed by atoms with Gasteiger partial charge in [0.25, 0.3) is 11.7 Å². The second kappa shape index (κ2) is 12.9. The number of carbonyl (C=O) groups is 2. The molecule has 1 fully saturated rings. The van der Waals surface area contributed by atoms with Crippen molar-refractivity contribution in [2.75, 3.05) is 19.8 Å². The van der Waals surface area contributed by atoms with Crippen molar-refractivity contribution in [3.05, 3.63) is 95.3 Å². The third-order valence-electron chi connectivity index (χ3n) is 6.57. The van der Waals surface area contributed by atoms with E-state index in [1.807, 2.05) is 55.5 Å². The SMILES string of the molecule is CCCCCOc1ccc(C2/C(=C(\O)c3ccncc3)C(=O)C(=O)N2CCc2ccccc2)cc1OCC. The first kappa shape index (κ1) is 26.9. The first-order valence-electron chi connectivity index (χ1n) is 13.2. The molecular weight excluding hydrogens is 480 g/mol. The van der Waals surface area contributed by atoms with Crippen LogP contribution in [-0.4, -0.2) is 46.4 Å². The summed E-state index contributed by atoms with van der Waals surface area (Å²) in [6, 6.07) is 17.7. The molecule has 1 unspecified atom stereocenters. The van der Waals surface area contributed by atoms with Gasteiger partial charge in [0.05, 0.1) is 24.8 Å². The third-order valence-corrected chi connectivity index (χ3v) is 6.57. The van der Waals surface area contributed by atoms with E-state index in [0.29, 0.717) is 48.8 Å². The van der Waals surface area contributed by atoms with E-state index in [1.54, 1.807) is 12.1 Å². The number of nitrogens with zero attached hydrogens (tertiary/aromatic N) is 2. The van der Waals surface area contributed by atoms with Gasteiger partial charge in [-0.3, -0.25) is 14.6 Å². The zero-order chi connectivity index (χ0) is 26.9. The Hall–Kier alpha value is -4.13. The summed E-state index contributed by atoms with van der Waals surface area (Å²) < 4.78 is 11.9. The van der Waals surface area contributed by atoms with Crippen LogP contribution in [0.1, 0.15) is 55.8 Å². The van der Waals surface area contributed by atoms with Gasteiger partial charge in [-0.05, 0) is 55.2 Å². The second-order valence-corrected chi connectivity index (χ2v) is 9.16. The van der Waals surface area contributed by atoms with E-state index in [1.165, 1.54) is 17.3 Å². The standard InChI is InChI=1S/C31H34N2O5/c1-3-5-9-20-38-25-13-12-24(21-26(25)37-4-2)28-27(29(34)23-14-17-32-18-15-23)30(35)31(36)33(28)19-16-22-10-7-6-8-11-22/h6-8,10-15,17-18,21,28,34H,3-5,9,16,19-20H2,1-2H3/b29-27+. The van der Waals surface area contributed by atoms with E-state index in [-0.39, 0.29) is 11.3 Å². The number of unbranched alkanes of at least 4 members (excludes halogenated alkanes) is 2. The molecule has 1 atom stereocenters. The normalized spacial score (nSPS) is 16.6. The van der Waals surface area contributed by atoms with Crippen LogP contribution in [0.15, 0.2) is 78.6 Å². The largest absolute Gasteiger partial charge is 0.507 e. The summed E-state index contributed by atoms with van der Waals surface area (Å²) in [5.41, 5.74) is 2.19. The molecule has 1 aliphatic rings. The molecule has 1 N–H and O–H groups in total. The zero-order valence-corrected chi connectivity index (χ0v) is 21.9. The Morgan fingerprint density at radius 3 is 2.42 bits per heavy atom. The molecule has 1 amide bonds. The number of ketones is 1. The van der Waals surface area contributed by atoms with Crippen LogP contribution >= 0.6 is 0 Å². The minimum Gasteiger partial charge on any atom is -0.507 e. The molecular formula is C31H34N2O5. The van der Waals surface area contributed by atoms with E-state index in [0.717, 1.165) is 24.8 Å². The quantitative estimate of drug-likeness (QED) is 0.144. The number of aliphatic hydroxyl groups excluding tert-OH is 1. The van der Waals surface area contributed by atoms with Crippen LogP contribution in [0.3, 0.4) is 0 Å². The molecule has 1 aliphatic heterocycles. The van der Waals surface area contributed by atoms with Crippen molar-refractivity contribution in [2.24, 2.45) is 0 Å². The molecule has 198 valence electrons. The number of Topliss-reactive ketones (excluding diaryl/α,β-unsaturated/α-hetero) is 1. The van der Waals surface area contributed by atoms with Crippen LogP contribution < -0.4 is 9.47 Å². The molecule has 1 saturated heterocycles. The molecule has 1 aromatic heterocycles. The van der Waals surface area contributed by atoms with Crippen molar-refractivity contribution in [1.29, 1.82) is 0 Å². The molecule has 4 rings (SSSR count). The lowest BCUT2D eigenvalue weighted by atomic mass is 9.95. The summed E-state index contributed by atoms with van der Waals surface area (Å²) >= 11 is 0. The highest BCUT2D eigenvalue weighted by Crippen LogP contribution is 2.42. The Bertz CT molecular complexity index is 1270. The maximum absolute atomic E-state index is 13.3. The number of amides is 1. The van der Waals surface area contributed by atoms with Crippen LogP contribution in [0.2, 0.25) is 0 Å². The average Bonchev–Trinajstić information content (AvgIpc) is 3.20. The summed E-state index contributed by atoms with van der Waals surface area (Å²) in [4.78, 5) is 32.2. The lowest BCUT2D eigenvalue weighted by Crippen LogP contribution is -2.31. The van der Waals surface area contributed by atoms with Crippen LogP contribution in [0.4, 0.5) is 0 Å². The molecule has 0 saturated carbocycles. The number of pyridine rings is 1. The van der Waals surface area contributed by atoms with Crippen molar-refractivity contribution in [1.82, 2.24) is 9.88 Å². The number of carbonyl (C=O) groups excluding carboxylic acids is 2. The molecule has 3 aromatic rings. The van der Waals surface area contributed by atoms with Crippen LogP contribution in [-0.2, 0) is 16.0 Å². The van der Waals surface area contributed by atoms with Crippen molar-refractivity contribution in [3.63, 3.8) is 0 Å². The Kier molecular flexibility index (Phi) is 9.14. The summed E-state index contributed by atoms with van der Waals surface area (Å²) in [6.07, 6.45) is 6.75. The van der Waals surface area contributed by atoms with E-state index < -0.39 is 17.7 Å². The smallest absolute Gasteiger partial charge is 0.295 e. The molecule has 7 heteroatoms. The number of hydrogen-bond acceptors (Lipinski definition) is 6. The topological polar surface area (TPSA) is 89.0 Å². The summed E-state index contributed by atoms with van der Waals surface area (Å²) in [7, 11) is 0. The Labute approximate surface area is 223 Å². The maximum Gasteiger partial charge on any atom is 0.295 e. The fourth-order valence-corrected chi connectivity index (χ4v) is 4.63. The van der Waals surface area contributed by atoms with Crippen molar-refractivity contribution >= 4 is 17.4 Å². The number of likely N-dealkylation sites (tertiary alicyclic amines) is 1. The van der Waals surface area contributed by atoms with Gasteiger partial charge in [-0.2, -0.15) is 0 Å². The number of hydrogen-bond donors (Lipinski definition) is 1. The van der Waals surface area contributed by atoms with Gasteiger partial charge in [0.15, 0.2) is 11.5 Å². The predicted molar refractivity (Wildman–Crippen MR) is 146 cm³/mol. The lowest BCUT2D eigenvalue weighted by molar-refractivity contribution is -0.139. The van der Waals surface area contributed by atoms with Gasteiger partial charge in [-0.15, -0.1) is 0 Å². The van der Waals surface area contributed by atoms with Gasteiger partial charge >= 0.3 is 0 Å². The van der Waals surface area contributed by atoms with Crippen molar-refractivity contribution in [3.8, 4) is 11.5 Å². The molecule has 0 bridgehead atoms. The van der Waals surface area contributed by atoms with Gasteiger partial charge < -0.3 is 19.5 Å². The monoisotopic (exact) mass is 514 g/mol. The van der Waals surface area contributed by atoms with Crippen LogP contribution in [0, 0.1) is 0 Å². The van der Waals surface area contributed by atoms with Gasteiger partial charge in [-0.1, -0.05) is 56.2 Å². The average molecular weight is 515 g/mol. The lowest BCUT2D eigenvalue weighted by Gasteiger charge is -2.26. The molecule has 2 heterocycles. The first-order chi connectivity index (χ1) is 18.5. The summed E-state index contributed by atoms with van der Waals surface area (Å²) in [6.45, 7) is 5.35. The highest BCUT2D eigenvalue weighted by Gasteiger charge is 2.46.